The minimum Gasteiger partial charge on any atom is -0.370 e. The van der Waals surface area contributed by atoms with Crippen LogP contribution in [0.4, 0.5) is 26.3 Å². The molecule has 0 spiro atoms. The predicted molar refractivity (Wildman–Crippen MR) is 42.1 cm³/mol. The van der Waals surface area contributed by atoms with E-state index in [2.05, 4.69) is 20.8 Å². The Balaban J connectivity index is 3.33. The normalized spacial score (nSPS) is 19.0. The van der Waals surface area contributed by atoms with Crippen molar-refractivity contribution in [3.05, 3.63) is 10.2 Å². The van der Waals surface area contributed by atoms with Crippen LogP contribution in [0.15, 0.2) is 10.2 Å². The fourth-order valence-corrected chi connectivity index (χ4v) is 1.58. The fraction of sp³-hybridized carbons (Fsp3) is 0.667. The predicted octanol–water partition coefficient (Wildman–Crippen LogP) is 1.98. The van der Waals surface area contributed by atoms with Gasteiger partial charge in [-0.1, -0.05) is 0 Å². The number of aliphatic hydroxyl groups is 1. The van der Waals surface area contributed by atoms with E-state index in [1.165, 1.54) is 0 Å². The maximum Gasteiger partial charge on any atom is 0.430 e. The second kappa shape index (κ2) is 3.77. The maximum atomic E-state index is 12.3. The van der Waals surface area contributed by atoms with Gasteiger partial charge in [-0.05, 0) is 15.9 Å². The summed E-state index contributed by atoms with van der Waals surface area (Å²) in [6.45, 7) is -1.03. The van der Waals surface area contributed by atoms with E-state index in [1.54, 1.807) is 5.48 Å². The zero-order valence-electron chi connectivity index (χ0n) is 7.21. The van der Waals surface area contributed by atoms with Crippen LogP contribution in [-0.4, -0.2) is 29.7 Å². The van der Waals surface area contributed by atoms with Crippen LogP contribution in [0.3, 0.4) is 0 Å². The standard InChI is InChI=1S/C6H4BrF6NO2/c7-3-2(1-16-14-3)4(15,5(8,9)10)6(11,12)13/h14-15H,1H2. The lowest BCUT2D eigenvalue weighted by Gasteiger charge is -2.32. The molecule has 0 amide bonds. The van der Waals surface area contributed by atoms with E-state index < -0.39 is 34.7 Å². The number of nitrogens with one attached hydrogen (secondary N) is 1. The topological polar surface area (TPSA) is 41.5 Å². The van der Waals surface area contributed by atoms with Crippen molar-refractivity contribution in [2.75, 3.05) is 6.61 Å². The zero-order valence-corrected chi connectivity index (χ0v) is 8.79. The molecule has 10 heteroatoms. The van der Waals surface area contributed by atoms with Crippen LogP contribution in [0.5, 0.6) is 0 Å². The number of halogens is 7. The van der Waals surface area contributed by atoms with Crippen LogP contribution in [0.2, 0.25) is 0 Å². The van der Waals surface area contributed by atoms with Crippen LogP contribution >= 0.6 is 15.9 Å². The molecule has 0 aliphatic carbocycles. The van der Waals surface area contributed by atoms with Gasteiger partial charge in [0.2, 0.25) is 0 Å². The van der Waals surface area contributed by atoms with Crippen molar-refractivity contribution < 1.29 is 36.3 Å². The van der Waals surface area contributed by atoms with Gasteiger partial charge in [-0.3, -0.25) is 10.3 Å². The van der Waals surface area contributed by atoms with Crippen molar-refractivity contribution in [3.8, 4) is 0 Å². The molecule has 0 saturated carbocycles. The van der Waals surface area contributed by atoms with Crippen molar-refractivity contribution in [2.24, 2.45) is 0 Å². The van der Waals surface area contributed by atoms with Crippen LogP contribution in [0.1, 0.15) is 0 Å². The second-order valence-corrected chi connectivity index (χ2v) is 3.68. The average Bonchev–Trinajstić information content (AvgIpc) is 2.46. The van der Waals surface area contributed by atoms with Crippen molar-refractivity contribution in [2.45, 2.75) is 18.0 Å². The summed E-state index contributed by atoms with van der Waals surface area (Å²) < 4.78 is 73.2. The lowest BCUT2D eigenvalue weighted by Crippen LogP contribution is -2.58. The SMILES string of the molecule is OC(C1=C(Br)NOC1)(C(F)(F)F)C(F)(F)F. The molecule has 1 heterocycles. The first-order valence-corrected chi connectivity index (χ1v) is 4.44. The van der Waals surface area contributed by atoms with Crippen molar-refractivity contribution in [1.82, 2.24) is 5.48 Å². The number of rotatable bonds is 1. The number of hydrogen-bond acceptors (Lipinski definition) is 3. The Morgan fingerprint density at radius 3 is 1.81 bits per heavy atom. The van der Waals surface area contributed by atoms with E-state index in [0.717, 1.165) is 0 Å². The highest BCUT2D eigenvalue weighted by molar-refractivity contribution is 9.11. The molecule has 3 nitrogen and oxygen atoms in total. The van der Waals surface area contributed by atoms with Crippen LogP contribution < -0.4 is 5.48 Å². The molecule has 1 rings (SSSR count). The molecule has 0 aromatic heterocycles. The molecule has 1 aliphatic rings. The first kappa shape index (κ1) is 13.6. The number of hydroxylamine groups is 1. The van der Waals surface area contributed by atoms with Gasteiger partial charge >= 0.3 is 12.4 Å². The van der Waals surface area contributed by atoms with Crippen LogP contribution in [0.25, 0.3) is 0 Å². The molecule has 16 heavy (non-hydrogen) atoms. The van der Waals surface area contributed by atoms with Gasteiger partial charge in [0.05, 0.1) is 0 Å². The molecule has 0 atom stereocenters. The maximum absolute atomic E-state index is 12.3. The van der Waals surface area contributed by atoms with Gasteiger partial charge in [-0.25, -0.2) is 0 Å². The molecular formula is C6H4BrF6NO2. The van der Waals surface area contributed by atoms with Crippen LogP contribution in [-0.2, 0) is 4.84 Å². The largest absolute Gasteiger partial charge is 0.430 e. The number of hydrogen-bond donors (Lipinski definition) is 2. The van der Waals surface area contributed by atoms with E-state index in [1.807, 2.05) is 0 Å². The van der Waals surface area contributed by atoms with Crippen molar-refractivity contribution in [1.29, 1.82) is 0 Å². The summed E-state index contributed by atoms with van der Waals surface area (Å²) in [6, 6.07) is 0. The summed E-state index contributed by atoms with van der Waals surface area (Å²) in [6.07, 6.45) is -11.8. The highest BCUT2D eigenvalue weighted by Gasteiger charge is 2.73. The highest BCUT2D eigenvalue weighted by atomic mass is 79.9. The molecule has 0 aromatic rings. The van der Waals surface area contributed by atoms with Gasteiger partial charge < -0.3 is 5.11 Å². The Morgan fingerprint density at radius 1 is 1.12 bits per heavy atom. The molecule has 2 N–H and O–H groups in total. The molecule has 0 radical (unpaired) electrons. The summed E-state index contributed by atoms with van der Waals surface area (Å²) in [5.41, 5.74) is -4.54. The molecule has 1 aliphatic heterocycles. The molecule has 0 bridgehead atoms. The molecular weight excluding hydrogens is 312 g/mol. The highest BCUT2D eigenvalue weighted by Crippen LogP contribution is 2.49. The third-order valence-electron chi connectivity index (χ3n) is 1.90. The molecule has 0 fully saturated rings. The third kappa shape index (κ3) is 1.89. The lowest BCUT2D eigenvalue weighted by atomic mass is 9.93. The van der Waals surface area contributed by atoms with E-state index in [0.29, 0.717) is 0 Å². The van der Waals surface area contributed by atoms with E-state index in [4.69, 9.17) is 5.11 Å². The Kier molecular flexibility index (Phi) is 3.20. The van der Waals surface area contributed by atoms with E-state index in [9.17, 15) is 26.3 Å². The van der Waals surface area contributed by atoms with Crippen molar-refractivity contribution >= 4 is 15.9 Å². The average molecular weight is 316 g/mol. The Labute approximate surface area is 93.1 Å². The van der Waals surface area contributed by atoms with Gasteiger partial charge in [0.25, 0.3) is 5.60 Å². The van der Waals surface area contributed by atoms with Gasteiger partial charge in [0, 0.05) is 5.57 Å². The van der Waals surface area contributed by atoms with Gasteiger partial charge in [0.1, 0.15) is 11.2 Å². The third-order valence-corrected chi connectivity index (χ3v) is 2.54. The molecule has 0 aromatic carbocycles. The monoisotopic (exact) mass is 315 g/mol. The number of alkyl halides is 6. The first-order chi connectivity index (χ1) is 7.02. The first-order valence-electron chi connectivity index (χ1n) is 3.64. The Bertz CT molecular complexity index is 308. The fourth-order valence-electron chi connectivity index (χ4n) is 1.06. The summed E-state index contributed by atoms with van der Waals surface area (Å²) >= 11 is 2.41. The van der Waals surface area contributed by atoms with Gasteiger partial charge in [0.15, 0.2) is 0 Å². The molecule has 94 valence electrons. The Morgan fingerprint density at radius 2 is 1.56 bits per heavy atom. The summed E-state index contributed by atoms with van der Waals surface area (Å²) in [4.78, 5) is 4.17. The minimum absolute atomic E-state index is 0.690. The quantitative estimate of drug-likeness (QED) is 0.574. The molecule has 0 unspecified atom stereocenters. The second-order valence-electron chi connectivity index (χ2n) is 2.89. The van der Waals surface area contributed by atoms with Crippen molar-refractivity contribution in [3.63, 3.8) is 0 Å². The zero-order chi connectivity index (χ0) is 12.8. The van der Waals surface area contributed by atoms with Gasteiger partial charge in [-0.15, -0.1) is 0 Å². The summed E-state index contributed by atoms with van der Waals surface area (Å²) in [7, 11) is 0. The Hall–Kier alpha value is -0.480. The van der Waals surface area contributed by atoms with E-state index >= 15 is 0 Å². The van der Waals surface area contributed by atoms with Crippen LogP contribution in [0, 0.1) is 0 Å². The smallest absolute Gasteiger partial charge is 0.370 e. The molecule has 0 saturated heterocycles. The lowest BCUT2D eigenvalue weighted by molar-refractivity contribution is -0.353. The minimum atomic E-state index is -5.89. The van der Waals surface area contributed by atoms with Gasteiger partial charge in [-0.2, -0.15) is 26.3 Å². The van der Waals surface area contributed by atoms with E-state index in [-0.39, 0.29) is 0 Å². The summed E-state index contributed by atoms with van der Waals surface area (Å²) in [5, 5.41) is 8.90. The summed E-state index contributed by atoms with van der Waals surface area (Å²) in [5.74, 6) is 0.